The van der Waals surface area contributed by atoms with E-state index in [1.54, 1.807) is 0 Å². The van der Waals surface area contributed by atoms with Crippen LogP contribution in [0.1, 0.15) is 24.8 Å². The molecule has 0 aromatic heterocycles. The molecule has 0 saturated carbocycles. The number of anilines is 1. The number of benzene rings is 1. The fourth-order valence-electron chi connectivity index (χ4n) is 2.16. The Balaban J connectivity index is 1.93. The first-order valence-electron chi connectivity index (χ1n) is 6.46. The molecule has 0 bridgehead atoms. The molecule has 1 aromatic carbocycles. The lowest BCUT2D eigenvalue weighted by atomic mass is 10.1. The van der Waals surface area contributed by atoms with Gasteiger partial charge in [-0.2, -0.15) is 0 Å². The van der Waals surface area contributed by atoms with Crippen molar-refractivity contribution in [2.45, 2.75) is 31.8 Å². The summed E-state index contributed by atoms with van der Waals surface area (Å²) in [5.41, 5.74) is 0.411. The normalized spacial score (nSPS) is 17.9. The number of rotatable bonds is 5. The molecule has 1 aliphatic rings. The van der Waals surface area contributed by atoms with Gasteiger partial charge in [0, 0.05) is 12.3 Å². The van der Waals surface area contributed by atoms with Gasteiger partial charge in [-0.1, -0.05) is 6.07 Å². The minimum absolute atomic E-state index is 0.0638. The molecule has 1 fully saturated rings. The van der Waals surface area contributed by atoms with Crippen LogP contribution >= 0.6 is 0 Å². The molecule has 5 nitrogen and oxygen atoms in total. The van der Waals surface area contributed by atoms with Crippen LogP contribution in [0.4, 0.5) is 10.1 Å². The highest BCUT2D eigenvalue weighted by Gasteiger charge is 2.19. The van der Waals surface area contributed by atoms with Crippen LogP contribution in [0.5, 0.6) is 0 Å². The third-order valence-corrected chi connectivity index (χ3v) is 3.12. The quantitative estimate of drug-likeness (QED) is 0.865. The maximum atomic E-state index is 13.6. The van der Waals surface area contributed by atoms with Crippen LogP contribution in [0.25, 0.3) is 0 Å². The summed E-state index contributed by atoms with van der Waals surface area (Å²) < 4.78 is 19.0. The van der Waals surface area contributed by atoms with E-state index >= 15 is 0 Å². The van der Waals surface area contributed by atoms with Crippen LogP contribution in [-0.4, -0.2) is 29.7 Å². The molecule has 1 amide bonds. The van der Waals surface area contributed by atoms with Gasteiger partial charge in [-0.3, -0.25) is 9.59 Å². The lowest BCUT2D eigenvalue weighted by molar-refractivity contribution is -0.136. The third kappa shape index (κ3) is 4.03. The van der Waals surface area contributed by atoms with Gasteiger partial charge < -0.3 is 15.2 Å². The van der Waals surface area contributed by atoms with Crippen molar-refractivity contribution in [1.29, 1.82) is 0 Å². The predicted octanol–water partition coefficient (Wildman–Crippen LogP) is 1.96. The Bertz CT molecular complexity index is 512. The number of carbonyl (C=O) groups excluding carboxylic acids is 1. The second kappa shape index (κ2) is 6.47. The Morgan fingerprint density at radius 3 is 2.85 bits per heavy atom. The molecule has 108 valence electrons. The molecule has 0 aliphatic carbocycles. The number of nitrogens with one attached hydrogen (secondary N) is 1. The number of amides is 1. The van der Waals surface area contributed by atoms with Gasteiger partial charge in [0.15, 0.2) is 0 Å². The van der Waals surface area contributed by atoms with E-state index in [1.165, 1.54) is 12.1 Å². The van der Waals surface area contributed by atoms with Crippen molar-refractivity contribution in [3.63, 3.8) is 0 Å². The maximum Gasteiger partial charge on any atom is 0.307 e. The third-order valence-electron chi connectivity index (χ3n) is 3.12. The fraction of sp³-hybridized carbons (Fsp3) is 0.429. The zero-order valence-electron chi connectivity index (χ0n) is 10.9. The molecule has 1 aliphatic heterocycles. The minimum atomic E-state index is -1.10. The second-order valence-corrected chi connectivity index (χ2v) is 4.76. The smallest absolute Gasteiger partial charge is 0.307 e. The molecule has 1 saturated heterocycles. The number of ether oxygens (including phenoxy) is 1. The van der Waals surface area contributed by atoms with Crippen LogP contribution in [0, 0.1) is 5.82 Å². The van der Waals surface area contributed by atoms with E-state index in [9.17, 15) is 14.0 Å². The summed E-state index contributed by atoms with van der Waals surface area (Å²) in [6, 6.07) is 3.99. The lowest BCUT2D eigenvalue weighted by Gasteiger charge is -2.10. The van der Waals surface area contributed by atoms with Crippen molar-refractivity contribution >= 4 is 17.6 Å². The van der Waals surface area contributed by atoms with Gasteiger partial charge >= 0.3 is 5.97 Å². The van der Waals surface area contributed by atoms with Crippen molar-refractivity contribution in [2.75, 3.05) is 11.9 Å². The number of carboxylic acids is 1. The van der Waals surface area contributed by atoms with Crippen molar-refractivity contribution < 1.29 is 23.8 Å². The Hall–Kier alpha value is -1.95. The van der Waals surface area contributed by atoms with E-state index in [0.717, 1.165) is 18.9 Å². The molecular formula is C14H16FNO4. The molecule has 1 atom stereocenters. The molecule has 0 unspecified atom stereocenters. The molecule has 0 spiro atoms. The molecule has 2 rings (SSSR count). The van der Waals surface area contributed by atoms with Gasteiger partial charge in [0.25, 0.3) is 0 Å². The molecule has 1 heterocycles. The van der Waals surface area contributed by atoms with Crippen molar-refractivity contribution in [3.05, 3.63) is 29.6 Å². The standard InChI is InChI=1S/C14H16FNO4/c15-12-7-10(4-3-9(12)6-14(18)19)16-13(17)8-11-2-1-5-20-11/h3-4,7,11H,1-2,5-6,8H2,(H,16,17)(H,18,19)/t11-/m1/s1. The van der Waals surface area contributed by atoms with E-state index < -0.39 is 11.8 Å². The summed E-state index contributed by atoms with van der Waals surface area (Å²) >= 11 is 0. The van der Waals surface area contributed by atoms with Gasteiger partial charge in [0.2, 0.25) is 5.91 Å². The molecule has 1 aromatic rings. The Morgan fingerprint density at radius 1 is 1.45 bits per heavy atom. The second-order valence-electron chi connectivity index (χ2n) is 4.76. The molecule has 6 heteroatoms. The van der Waals surface area contributed by atoms with E-state index in [2.05, 4.69) is 5.32 Å². The first-order chi connectivity index (χ1) is 9.54. The highest BCUT2D eigenvalue weighted by atomic mass is 19.1. The van der Waals surface area contributed by atoms with Crippen molar-refractivity contribution in [1.82, 2.24) is 0 Å². The van der Waals surface area contributed by atoms with Gasteiger partial charge in [-0.05, 0) is 30.5 Å². The van der Waals surface area contributed by atoms with Gasteiger partial charge in [-0.25, -0.2) is 4.39 Å². The van der Waals surface area contributed by atoms with Gasteiger partial charge in [0.1, 0.15) is 5.82 Å². The topological polar surface area (TPSA) is 75.6 Å². The first-order valence-corrected chi connectivity index (χ1v) is 6.46. The SMILES string of the molecule is O=C(O)Cc1ccc(NC(=O)C[C@H]2CCCO2)cc1F. The number of hydrogen-bond donors (Lipinski definition) is 2. The number of aliphatic carboxylic acids is 1. The first kappa shape index (κ1) is 14.5. The summed E-state index contributed by atoms with van der Waals surface area (Å²) in [7, 11) is 0. The fourth-order valence-corrected chi connectivity index (χ4v) is 2.16. The Labute approximate surface area is 115 Å². The van der Waals surface area contributed by atoms with E-state index in [4.69, 9.17) is 9.84 Å². The average Bonchev–Trinajstić information content (AvgIpc) is 2.85. The van der Waals surface area contributed by atoms with E-state index in [-0.39, 0.29) is 30.4 Å². The highest BCUT2D eigenvalue weighted by molar-refractivity contribution is 5.91. The number of hydrogen-bond acceptors (Lipinski definition) is 3. The summed E-state index contributed by atoms with van der Waals surface area (Å²) in [5, 5.41) is 11.2. The minimum Gasteiger partial charge on any atom is -0.481 e. The van der Waals surface area contributed by atoms with E-state index in [1.807, 2.05) is 0 Å². The maximum absolute atomic E-state index is 13.6. The Morgan fingerprint density at radius 2 is 2.25 bits per heavy atom. The molecule has 2 N–H and O–H groups in total. The van der Waals surface area contributed by atoms with Crippen LogP contribution < -0.4 is 5.32 Å². The molecule has 0 radical (unpaired) electrons. The number of halogens is 1. The van der Waals surface area contributed by atoms with Crippen molar-refractivity contribution in [2.24, 2.45) is 0 Å². The summed E-state index contributed by atoms with van der Waals surface area (Å²) in [4.78, 5) is 22.3. The Kier molecular flexibility index (Phi) is 4.68. The van der Waals surface area contributed by atoms with Crippen LogP contribution in [0.15, 0.2) is 18.2 Å². The van der Waals surface area contributed by atoms with Crippen LogP contribution in [0.3, 0.4) is 0 Å². The summed E-state index contributed by atoms with van der Waals surface area (Å²) in [6.07, 6.45) is 1.62. The van der Waals surface area contributed by atoms with Crippen molar-refractivity contribution in [3.8, 4) is 0 Å². The average molecular weight is 281 g/mol. The van der Waals surface area contributed by atoms with Crippen LogP contribution in [0.2, 0.25) is 0 Å². The molecular weight excluding hydrogens is 265 g/mol. The zero-order valence-corrected chi connectivity index (χ0v) is 10.9. The largest absolute Gasteiger partial charge is 0.481 e. The van der Waals surface area contributed by atoms with Gasteiger partial charge in [0.05, 0.1) is 18.9 Å². The predicted molar refractivity (Wildman–Crippen MR) is 70.0 cm³/mol. The summed E-state index contributed by atoms with van der Waals surface area (Å²) in [6.45, 7) is 0.677. The molecule has 20 heavy (non-hydrogen) atoms. The van der Waals surface area contributed by atoms with Gasteiger partial charge in [-0.15, -0.1) is 0 Å². The lowest BCUT2D eigenvalue weighted by Crippen LogP contribution is -2.19. The highest BCUT2D eigenvalue weighted by Crippen LogP contribution is 2.18. The van der Waals surface area contributed by atoms with E-state index in [0.29, 0.717) is 12.3 Å². The number of carboxylic acid groups (broad SMARTS) is 1. The number of carbonyl (C=O) groups is 2. The zero-order chi connectivity index (χ0) is 14.5. The van der Waals surface area contributed by atoms with Crippen LogP contribution in [-0.2, 0) is 20.7 Å². The monoisotopic (exact) mass is 281 g/mol. The summed E-state index contributed by atoms with van der Waals surface area (Å²) in [5.74, 6) is -1.97.